The summed E-state index contributed by atoms with van der Waals surface area (Å²) in [6.45, 7) is 0.0488. The zero-order valence-corrected chi connectivity index (χ0v) is 8.22. The van der Waals surface area contributed by atoms with E-state index >= 15 is 0 Å². The normalized spacial score (nSPS) is 24.8. The summed E-state index contributed by atoms with van der Waals surface area (Å²) >= 11 is 0. The van der Waals surface area contributed by atoms with E-state index in [0.717, 1.165) is 12.0 Å². The molecule has 0 saturated heterocycles. The Morgan fingerprint density at radius 2 is 2.36 bits per heavy atom. The number of hydrogen-bond acceptors (Lipinski definition) is 2. The third-order valence-electron chi connectivity index (χ3n) is 2.91. The molecule has 0 spiro atoms. The van der Waals surface area contributed by atoms with E-state index in [0.29, 0.717) is 17.7 Å². The monoisotopic (exact) mass is 195 g/mol. The van der Waals surface area contributed by atoms with Gasteiger partial charge in [0, 0.05) is 6.54 Å². The van der Waals surface area contributed by atoms with E-state index < -0.39 is 5.67 Å². The van der Waals surface area contributed by atoms with E-state index in [1.165, 1.54) is 0 Å². The summed E-state index contributed by atoms with van der Waals surface area (Å²) in [6.07, 6.45) is 1.26. The molecule has 0 saturated carbocycles. The number of methoxy groups -OCH3 is 1. The van der Waals surface area contributed by atoms with Crippen molar-refractivity contribution in [3.63, 3.8) is 0 Å². The zero-order chi connectivity index (χ0) is 10.2. The van der Waals surface area contributed by atoms with Gasteiger partial charge in [0.25, 0.3) is 0 Å². The summed E-state index contributed by atoms with van der Waals surface area (Å²) in [6, 6.07) is 5.54. The highest BCUT2D eigenvalue weighted by atomic mass is 19.1. The minimum Gasteiger partial charge on any atom is -0.497 e. The molecule has 0 radical (unpaired) electrons. The molecule has 2 rings (SSSR count). The summed E-state index contributed by atoms with van der Waals surface area (Å²) in [5.74, 6) is 0.695. The zero-order valence-electron chi connectivity index (χ0n) is 8.22. The van der Waals surface area contributed by atoms with Crippen molar-refractivity contribution in [2.24, 2.45) is 5.73 Å². The van der Waals surface area contributed by atoms with Crippen LogP contribution in [0.4, 0.5) is 4.39 Å². The quantitative estimate of drug-likeness (QED) is 0.780. The summed E-state index contributed by atoms with van der Waals surface area (Å²) in [5, 5.41) is 0. The fraction of sp³-hybridized carbons (Fsp3) is 0.455. The van der Waals surface area contributed by atoms with Crippen molar-refractivity contribution in [3.8, 4) is 5.75 Å². The maximum absolute atomic E-state index is 14.2. The second-order valence-corrected chi connectivity index (χ2v) is 3.69. The van der Waals surface area contributed by atoms with Crippen molar-refractivity contribution < 1.29 is 9.13 Å². The largest absolute Gasteiger partial charge is 0.497 e. The van der Waals surface area contributed by atoms with Crippen LogP contribution in [0.25, 0.3) is 0 Å². The third-order valence-corrected chi connectivity index (χ3v) is 2.91. The molecule has 1 unspecified atom stereocenters. The highest BCUT2D eigenvalue weighted by molar-refractivity contribution is 5.43. The van der Waals surface area contributed by atoms with E-state index in [4.69, 9.17) is 10.5 Å². The third kappa shape index (κ3) is 1.28. The van der Waals surface area contributed by atoms with Crippen molar-refractivity contribution in [2.75, 3.05) is 13.7 Å². The Balaban J connectivity index is 2.47. The lowest BCUT2D eigenvalue weighted by atomic mass is 9.98. The molecule has 0 aromatic heterocycles. The first-order valence-electron chi connectivity index (χ1n) is 4.76. The van der Waals surface area contributed by atoms with Crippen LogP contribution in [-0.4, -0.2) is 13.7 Å². The number of rotatable bonds is 2. The lowest BCUT2D eigenvalue weighted by molar-refractivity contribution is 0.177. The van der Waals surface area contributed by atoms with Gasteiger partial charge >= 0.3 is 0 Å². The molecule has 0 aliphatic heterocycles. The van der Waals surface area contributed by atoms with Crippen LogP contribution in [0.1, 0.15) is 17.5 Å². The number of nitrogens with two attached hydrogens (primary N) is 1. The Morgan fingerprint density at radius 3 is 3.00 bits per heavy atom. The Labute approximate surface area is 82.9 Å². The summed E-state index contributed by atoms with van der Waals surface area (Å²) in [4.78, 5) is 0. The Morgan fingerprint density at radius 1 is 1.57 bits per heavy atom. The first-order chi connectivity index (χ1) is 6.69. The molecule has 1 aliphatic carbocycles. The molecule has 14 heavy (non-hydrogen) atoms. The van der Waals surface area contributed by atoms with Gasteiger partial charge < -0.3 is 10.5 Å². The van der Waals surface area contributed by atoms with Gasteiger partial charge in [-0.05, 0) is 36.1 Å². The number of ether oxygens (including phenoxy) is 1. The van der Waals surface area contributed by atoms with Gasteiger partial charge in [-0.3, -0.25) is 0 Å². The van der Waals surface area contributed by atoms with E-state index in [1.807, 2.05) is 12.1 Å². The Kier molecular flexibility index (Phi) is 2.19. The average molecular weight is 195 g/mol. The fourth-order valence-corrected chi connectivity index (χ4v) is 2.00. The predicted octanol–water partition coefficient (Wildman–Crippen LogP) is 1.76. The Bertz CT molecular complexity index is 353. The molecular weight excluding hydrogens is 181 g/mol. The maximum atomic E-state index is 14.2. The predicted molar refractivity (Wildman–Crippen MR) is 53.2 cm³/mol. The SMILES string of the molecule is COc1ccc2c(c1)C(F)(CN)CC2. The van der Waals surface area contributed by atoms with Crippen LogP contribution < -0.4 is 10.5 Å². The molecule has 1 atom stereocenters. The minimum absolute atomic E-state index is 0.0488. The van der Waals surface area contributed by atoms with Gasteiger partial charge in [-0.2, -0.15) is 0 Å². The molecule has 0 fully saturated rings. The van der Waals surface area contributed by atoms with Gasteiger partial charge in [-0.25, -0.2) is 4.39 Å². The molecule has 0 bridgehead atoms. The molecule has 1 aromatic carbocycles. The highest BCUT2D eigenvalue weighted by Crippen LogP contribution is 2.40. The lowest BCUT2D eigenvalue weighted by Crippen LogP contribution is -2.27. The molecule has 76 valence electrons. The van der Waals surface area contributed by atoms with E-state index in [1.54, 1.807) is 13.2 Å². The average Bonchev–Trinajstić information content (AvgIpc) is 2.57. The van der Waals surface area contributed by atoms with Gasteiger partial charge in [0.2, 0.25) is 0 Å². The van der Waals surface area contributed by atoms with E-state index in [9.17, 15) is 4.39 Å². The second-order valence-electron chi connectivity index (χ2n) is 3.69. The van der Waals surface area contributed by atoms with Crippen LogP contribution in [-0.2, 0) is 12.1 Å². The van der Waals surface area contributed by atoms with Gasteiger partial charge in [0.15, 0.2) is 0 Å². The summed E-state index contributed by atoms with van der Waals surface area (Å²) in [5.41, 5.74) is 5.88. The van der Waals surface area contributed by atoms with Crippen molar-refractivity contribution in [2.45, 2.75) is 18.5 Å². The lowest BCUT2D eigenvalue weighted by Gasteiger charge is -2.18. The number of aryl methyl sites for hydroxylation is 1. The van der Waals surface area contributed by atoms with Crippen LogP contribution in [0, 0.1) is 0 Å². The van der Waals surface area contributed by atoms with Crippen molar-refractivity contribution in [1.82, 2.24) is 0 Å². The van der Waals surface area contributed by atoms with Crippen LogP contribution in [0.3, 0.4) is 0 Å². The number of halogens is 1. The van der Waals surface area contributed by atoms with Crippen LogP contribution in [0.15, 0.2) is 18.2 Å². The highest BCUT2D eigenvalue weighted by Gasteiger charge is 2.37. The summed E-state index contributed by atoms with van der Waals surface area (Å²) < 4.78 is 19.2. The molecule has 3 heteroatoms. The van der Waals surface area contributed by atoms with Crippen LogP contribution in [0.5, 0.6) is 5.75 Å². The maximum Gasteiger partial charge on any atom is 0.148 e. The molecule has 1 aromatic rings. The Hall–Kier alpha value is -1.09. The van der Waals surface area contributed by atoms with Gasteiger partial charge in [-0.1, -0.05) is 6.07 Å². The number of hydrogen-bond donors (Lipinski definition) is 1. The van der Waals surface area contributed by atoms with Gasteiger partial charge in [0.1, 0.15) is 11.4 Å². The standard InChI is InChI=1S/C11H14FNO/c1-14-9-3-2-8-4-5-11(12,7-13)10(8)6-9/h2-3,6H,4-5,7,13H2,1H3. The van der Waals surface area contributed by atoms with Crippen LogP contribution in [0.2, 0.25) is 0 Å². The van der Waals surface area contributed by atoms with Crippen molar-refractivity contribution in [1.29, 1.82) is 0 Å². The number of fused-ring (bicyclic) bond motifs is 1. The van der Waals surface area contributed by atoms with E-state index in [2.05, 4.69) is 0 Å². The molecule has 1 aliphatic rings. The topological polar surface area (TPSA) is 35.2 Å². The smallest absolute Gasteiger partial charge is 0.148 e. The fourth-order valence-electron chi connectivity index (χ4n) is 2.00. The first-order valence-corrected chi connectivity index (χ1v) is 4.76. The molecule has 2 N–H and O–H groups in total. The minimum atomic E-state index is -1.34. The second kappa shape index (κ2) is 3.24. The van der Waals surface area contributed by atoms with Gasteiger partial charge in [-0.15, -0.1) is 0 Å². The first kappa shape index (κ1) is 9.46. The molecule has 0 amide bonds. The molecule has 0 heterocycles. The van der Waals surface area contributed by atoms with Crippen molar-refractivity contribution in [3.05, 3.63) is 29.3 Å². The number of alkyl halides is 1. The van der Waals surface area contributed by atoms with E-state index in [-0.39, 0.29) is 6.54 Å². The summed E-state index contributed by atoms with van der Waals surface area (Å²) in [7, 11) is 1.58. The van der Waals surface area contributed by atoms with Gasteiger partial charge in [0.05, 0.1) is 7.11 Å². The number of benzene rings is 1. The van der Waals surface area contributed by atoms with Crippen LogP contribution >= 0.6 is 0 Å². The molecule has 2 nitrogen and oxygen atoms in total. The van der Waals surface area contributed by atoms with Crippen molar-refractivity contribution >= 4 is 0 Å². The molecular formula is C11H14FNO.